The zero-order valence-corrected chi connectivity index (χ0v) is 15.4. The van der Waals surface area contributed by atoms with E-state index in [0.29, 0.717) is 18.5 Å². The summed E-state index contributed by atoms with van der Waals surface area (Å²) >= 11 is 0. The molecule has 0 fully saturated rings. The Balaban J connectivity index is 1.54. The van der Waals surface area contributed by atoms with Crippen LogP contribution in [0.2, 0.25) is 0 Å². The van der Waals surface area contributed by atoms with Gasteiger partial charge in [-0.05, 0) is 28.7 Å². The van der Waals surface area contributed by atoms with E-state index in [1.54, 1.807) is 0 Å². The number of allylic oxidation sites excluding steroid dienone is 3. The molecule has 28 heavy (non-hydrogen) atoms. The van der Waals surface area contributed by atoms with Crippen molar-refractivity contribution < 1.29 is 19.4 Å². The molecule has 5 heteroatoms. The van der Waals surface area contributed by atoms with Gasteiger partial charge in [-0.2, -0.15) is 0 Å². The molecular weight excluding hydrogens is 354 g/mol. The van der Waals surface area contributed by atoms with Gasteiger partial charge in [0.2, 0.25) is 0 Å². The highest BCUT2D eigenvalue weighted by Crippen LogP contribution is 2.44. The number of benzene rings is 2. The molecule has 0 saturated carbocycles. The number of carboxylic acids is 1. The predicted octanol–water partition coefficient (Wildman–Crippen LogP) is 4.56. The van der Waals surface area contributed by atoms with E-state index in [1.807, 2.05) is 42.5 Å². The number of ether oxygens (including phenoxy) is 1. The topological polar surface area (TPSA) is 66.8 Å². The van der Waals surface area contributed by atoms with Crippen LogP contribution >= 0.6 is 0 Å². The van der Waals surface area contributed by atoms with Gasteiger partial charge in [-0.3, -0.25) is 9.69 Å². The summed E-state index contributed by atoms with van der Waals surface area (Å²) in [6, 6.07) is 16.2. The molecular formula is C23H21NO4. The minimum atomic E-state index is -1.07. The van der Waals surface area contributed by atoms with E-state index in [0.717, 1.165) is 22.3 Å². The molecule has 2 aliphatic rings. The lowest BCUT2D eigenvalue weighted by molar-refractivity contribution is -0.137. The molecule has 0 radical (unpaired) electrons. The molecule has 0 atom stereocenters. The smallest absolute Gasteiger partial charge is 0.414 e. The SMILES string of the molecule is O=C(O)CN(C(=O)OCC1c2ccccc2-c2ccccc21)C1=CCC=CC1. The van der Waals surface area contributed by atoms with Crippen LogP contribution in [0.5, 0.6) is 0 Å². The number of hydrogen-bond donors (Lipinski definition) is 1. The minimum Gasteiger partial charge on any atom is -0.480 e. The Morgan fingerprint density at radius 1 is 1.00 bits per heavy atom. The van der Waals surface area contributed by atoms with Crippen molar-refractivity contribution in [1.82, 2.24) is 4.90 Å². The van der Waals surface area contributed by atoms with Gasteiger partial charge in [-0.25, -0.2) is 4.79 Å². The molecule has 0 saturated heterocycles. The molecule has 4 rings (SSSR count). The first-order valence-corrected chi connectivity index (χ1v) is 9.33. The fourth-order valence-electron chi connectivity index (χ4n) is 3.90. The molecule has 5 nitrogen and oxygen atoms in total. The van der Waals surface area contributed by atoms with Crippen LogP contribution in [0.1, 0.15) is 29.9 Å². The van der Waals surface area contributed by atoms with E-state index in [9.17, 15) is 14.7 Å². The highest BCUT2D eigenvalue weighted by atomic mass is 16.6. The molecule has 0 heterocycles. The van der Waals surface area contributed by atoms with Crippen LogP contribution < -0.4 is 0 Å². The number of hydrogen-bond acceptors (Lipinski definition) is 3. The lowest BCUT2D eigenvalue weighted by atomic mass is 9.98. The van der Waals surface area contributed by atoms with Crippen molar-refractivity contribution in [3.63, 3.8) is 0 Å². The molecule has 2 aromatic rings. The summed E-state index contributed by atoms with van der Waals surface area (Å²) in [5.74, 6) is -1.12. The zero-order valence-electron chi connectivity index (χ0n) is 15.4. The van der Waals surface area contributed by atoms with Gasteiger partial charge >= 0.3 is 12.1 Å². The second-order valence-electron chi connectivity index (χ2n) is 6.89. The van der Waals surface area contributed by atoms with E-state index < -0.39 is 18.6 Å². The quantitative estimate of drug-likeness (QED) is 0.778. The normalized spacial score (nSPS) is 14.8. The number of aliphatic carboxylic acids is 1. The summed E-state index contributed by atoms with van der Waals surface area (Å²) in [6.07, 6.45) is 6.37. The largest absolute Gasteiger partial charge is 0.480 e. The van der Waals surface area contributed by atoms with Gasteiger partial charge in [0.05, 0.1) is 0 Å². The first-order valence-electron chi connectivity index (χ1n) is 9.33. The predicted molar refractivity (Wildman–Crippen MR) is 106 cm³/mol. The number of carbonyl (C=O) groups is 2. The Kier molecular flexibility index (Phi) is 4.98. The van der Waals surface area contributed by atoms with Crippen LogP contribution in [0.3, 0.4) is 0 Å². The Bertz CT molecular complexity index is 931. The summed E-state index contributed by atoms with van der Waals surface area (Å²) in [7, 11) is 0. The van der Waals surface area contributed by atoms with Crippen molar-refractivity contribution in [3.8, 4) is 11.1 Å². The third kappa shape index (κ3) is 3.43. The molecule has 1 N–H and O–H groups in total. The summed E-state index contributed by atoms with van der Waals surface area (Å²) < 4.78 is 5.61. The van der Waals surface area contributed by atoms with Gasteiger partial charge in [-0.1, -0.05) is 66.8 Å². The Morgan fingerprint density at radius 3 is 2.21 bits per heavy atom. The molecule has 2 aromatic carbocycles. The van der Waals surface area contributed by atoms with Crippen LogP contribution in [0.25, 0.3) is 11.1 Å². The number of fused-ring (bicyclic) bond motifs is 3. The molecule has 142 valence electrons. The van der Waals surface area contributed by atoms with E-state index >= 15 is 0 Å². The average Bonchev–Trinajstić information content (AvgIpc) is 3.05. The van der Waals surface area contributed by atoms with Crippen molar-refractivity contribution in [2.75, 3.05) is 13.2 Å². The van der Waals surface area contributed by atoms with Gasteiger partial charge in [-0.15, -0.1) is 0 Å². The molecule has 0 spiro atoms. The summed E-state index contributed by atoms with van der Waals surface area (Å²) in [5, 5.41) is 9.21. The number of carbonyl (C=O) groups excluding carboxylic acids is 1. The third-order valence-corrected chi connectivity index (χ3v) is 5.18. The molecule has 0 aromatic heterocycles. The maximum absolute atomic E-state index is 12.7. The second-order valence-corrected chi connectivity index (χ2v) is 6.89. The Labute approximate surface area is 163 Å². The first-order chi connectivity index (χ1) is 13.6. The van der Waals surface area contributed by atoms with Crippen molar-refractivity contribution in [2.45, 2.75) is 18.8 Å². The maximum atomic E-state index is 12.7. The van der Waals surface area contributed by atoms with Gasteiger partial charge in [0, 0.05) is 18.0 Å². The number of rotatable bonds is 5. The van der Waals surface area contributed by atoms with Gasteiger partial charge in [0.15, 0.2) is 0 Å². The number of amides is 1. The summed E-state index contributed by atoms with van der Waals surface area (Å²) in [5.41, 5.74) is 5.23. The van der Waals surface area contributed by atoms with Crippen LogP contribution in [0, 0.1) is 0 Å². The molecule has 0 unspecified atom stereocenters. The highest BCUT2D eigenvalue weighted by Gasteiger charge is 2.30. The van der Waals surface area contributed by atoms with Crippen LogP contribution in [0.15, 0.2) is 72.5 Å². The lowest BCUT2D eigenvalue weighted by Gasteiger charge is -2.25. The van der Waals surface area contributed by atoms with E-state index in [4.69, 9.17) is 4.74 Å². The minimum absolute atomic E-state index is 0.0525. The monoisotopic (exact) mass is 375 g/mol. The standard InChI is InChI=1S/C23H21NO4/c25-22(26)14-24(16-8-2-1-3-9-16)23(27)28-15-21-19-12-6-4-10-17(19)18-11-5-7-13-20(18)21/h1-2,4-7,9-13,21H,3,8,14-15H2,(H,25,26). The Hall–Kier alpha value is -3.34. The Morgan fingerprint density at radius 2 is 1.64 bits per heavy atom. The van der Waals surface area contributed by atoms with Gasteiger partial charge in [0.1, 0.15) is 13.2 Å². The maximum Gasteiger partial charge on any atom is 0.414 e. The summed E-state index contributed by atoms with van der Waals surface area (Å²) in [6.45, 7) is -0.234. The van der Waals surface area contributed by atoms with E-state index in [2.05, 4.69) is 24.3 Å². The second kappa shape index (κ2) is 7.72. The third-order valence-electron chi connectivity index (χ3n) is 5.18. The number of nitrogens with zero attached hydrogens (tertiary/aromatic N) is 1. The van der Waals surface area contributed by atoms with E-state index in [-0.39, 0.29) is 12.5 Å². The van der Waals surface area contributed by atoms with Crippen molar-refractivity contribution in [2.24, 2.45) is 0 Å². The van der Waals surface area contributed by atoms with Gasteiger partial charge in [0.25, 0.3) is 0 Å². The van der Waals surface area contributed by atoms with Crippen LogP contribution in [-0.4, -0.2) is 35.2 Å². The molecule has 1 amide bonds. The fourth-order valence-corrected chi connectivity index (χ4v) is 3.90. The molecule has 0 aliphatic heterocycles. The van der Waals surface area contributed by atoms with E-state index in [1.165, 1.54) is 4.90 Å². The van der Waals surface area contributed by atoms with Gasteiger partial charge < -0.3 is 9.84 Å². The van der Waals surface area contributed by atoms with Crippen LogP contribution in [0.4, 0.5) is 4.79 Å². The summed E-state index contributed by atoms with van der Waals surface area (Å²) in [4.78, 5) is 25.2. The van der Waals surface area contributed by atoms with Crippen molar-refractivity contribution >= 4 is 12.1 Å². The zero-order chi connectivity index (χ0) is 19.5. The lowest BCUT2D eigenvalue weighted by Crippen LogP contribution is -2.36. The average molecular weight is 375 g/mol. The van der Waals surface area contributed by atoms with Crippen molar-refractivity contribution in [3.05, 3.63) is 83.6 Å². The molecule has 2 aliphatic carbocycles. The van der Waals surface area contributed by atoms with Crippen molar-refractivity contribution in [1.29, 1.82) is 0 Å². The molecule has 0 bridgehead atoms. The number of carboxylic acid groups (broad SMARTS) is 1. The van der Waals surface area contributed by atoms with Crippen LogP contribution in [-0.2, 0) is 9.53 Å². The first kappa shape index (κ1) is 18.0. The fraction of sp³-hybridized carbons (Fsp3) is 0.217. The highest BCUT2D eigenvalue weighted by molar-refractivity contribution is 5.80.